The van der Waals surface area contributed by atoms with Gasteiger partial charge < -0.3 is 34.7 Å². The molecule has 2 aliphatic rings. The van der Waals surface area contributed by atoms with Crippen molar-refractivity contribution in [3.05, 3.63) is 157 Å². The van der Waals surface area contributed by atoms with E-state index in [1.165, 1.54) is 11.8 Å². The number of rotatable bonds is 13. The number of likely N-dealkylation sites (N-methyl/N-ethyl adjacent to an activating group) is 2. The highest BCUT2D eigenvalue weighted by atomic mass is 32.2. The minimum Gasteiger partial charge on any atom is -0.478 e. The van der Waals surface area contributed by atoms with Crippen molar-refractivity contribution in [1.29, 1.82) is 0 Å². The van der Waals surface area contributed by atoms with Crippen molar-refractivity contribution >= 4 is 85.2 Å². The Morgan fingerprint density at radius 1 is 0.551 bits per heavy atom. The molecular formula is C64H70N8O5S+4. The molecule has 4 aromatic carbocycles. The highest BCUT2D eigenvalue weighted by Gasteiger charge is 2.46. The van der Waals surface area contributed by atoms with Crippen LogP contribution < -0.4 is 38.2 Å². The maximum absolute atomic E-state index is 15.4. The van der Waals surface area contributed by atoms with Gasteiger partial charge in [0.25, 0.3) is 5.69 Å². The lowest BCUT2D eigenvalue weighted by molar-refractivity contribution is -0.637. The summed E-state index contributed by atoms with van der Waals surface area (Å²) in [6.07, 6.45) is 16.5. The molecule has 0 fully saturated rings. The van der Waals surface area contributed by atoms with Crippen LogP contribution >= 0.6 is 11.8 Å². The summed E-state index contributed by atoms with van der Waals surface area (Å²) in [6.45, 7) is 19.1. The molecule has 2 aliphatic heterocycles. The zero-order valence-electron chi connectivity index (χ0n) is 47.2. The fourth-order valence-electron chi connectivity index (χ4n) is 11.8. The van der Waals surface area contributed by atoms with Gasteiger partial charge in [-0.2, -0.15) is 13.7 Å². The number of fused-ring (bicyclic) bond motifs is 4. The standard InChI is InChI=1S/C64H68N8O5S/c1-15-71-50-35-52-48(33-46(50)39(3)37-63(71,5)6)54(49-34-47-40(4)38-64(7,8)72(16-2)51(47)36-53(49)77-52)55-56(62(75)76)57(68-27-21-42(22-28-68)65(9)10)59(70-31-25-44(26-32-70)67(13)14)60(78-45-19-17-41(18-20-45)61(73)74)58(55)69-29-23-43(24-30-69)66(11)12/h17-38H,15-16H2,1-14H3/q+2/p+2. The van der Waals surface area contributed by atoms with Crippen molar-refractivity contribution < 1.29 is 37.9 Å². The van der Waals surface area contributed by atoms with Crippen LogP contribution in [-0.2, 0) is 0 Å². The average molecular weight is 1060 g/mol. The van der Waals surface area contributed by atoms with Crippen molar-refractivity contribution in [3.8, 4) is 28.2 Å². The lowest BCUT2D eigenvalue weighted by atomic mass is 9.84. The molecule has 0 amide bonds. The first-order valence-corrected chi connectivity index (χ1v) is 27.3. The minimum absolute atomic E-state index is 0.0676. The summed E-state index contributed by atoms with van der Waals surface area (Å²) in [5.41, 5.74) is 12.9. The number of hydrogen-bond acceptors (Lipinski definition) is 8. The molecule has 0 bridgehead atoms. The molecule has 14 heteroatoms. The number of aromatic nitrogens is 3. The van der Waals surface area contributed by atoms with E-state index in [0.29, 0.717) is 44.3 Å². The Hall–Kier alpha value is -8.23. The quantitative estimate of drug-likeness (QED) is 0.0654. The van der Waals surface area contributed by atoms with Crippen LogP contribution in [0.1, 0.15) is 87.2 Å². The largest absolute Gasteiger partial charge is 0.478 e. The van der Waals surface area contributed by atoms with Crippen LogP contribution in [0.15, 0.2) is 148 Å². The molecule has 0 atom stereocenters. The van der Waals surface area contributed by atoms with Gasteiger partial charge in [-0.1, -0.05) is 23.9 Å². The van der Waals surface area contributed by atoms with Crippen molar-refractivity contribution in [1.82, 2.24) is 0 Å². The van der Waals surface area contributed by atoms with Crippen molar-refractivity contribution in [2.45, 2.75) is 76.3 Å². The summed E-state index contributed by atoms with van der Waals surface area (Å²) in [6, 6.07) is 27.7. The summed E-state index contributed by atoms with van der Waals surface area (Å²) in [7, 11) is 11.9. The number of carbonyl (C=O) groups is 2. The smallest absolute Gasteiger partial charge is 0.363 e. The summed E-state index contributed by atoms with van der Waals surface area (Å²) in [5.74, 6) is -2.16. The van der Waals surface area contributed by atoms with E-state index in [1.807, 2.05) is 156 Å². The van der Waals surface area contributed by atoms with Crippen LogP contribution in [0, 0.1) is 0 Å². The molecule has 78 heavy (non-hydrogen) atoms. The van der Waals surface area contributed by atoms with E-state index in [2.05, 4.69) is 102 Å². The first-order chi connectivity index (χ1) is 37.0. The Bertz CT molecular complexity index is 3690. The number of aromatic carboxylic acids is 2. The topological polar surface area (TPSA) is 114 Å². The molecule has 0 unspecified atom stereocenters. The molecule has 2 N–H and O–H groups in total. The zero-order valence-corrected chi connectivity index (χ0v) is 48.0. The third-order valence-corrected chi connectivity index (χ3v) is 16.6. The summed E-state index contributed by atoms with van der Waals surface area (Å²) in [5, 5.41) is 24.1. The fourth-order valence-corrected chi connectivity index (χ4v) is 12.9. The van der Waals surface area contributed by atoms with Gasteiger partial charge in [-0.15, -0.1) is 0 Å². The Labute approximate surface area is 461 Å². The zero-order chi connectivity index (χ0) is 55.9. The van der Waals surface area contributed by atoms with Crippen LogP contribution in [0.3, 0.4) is 0 Å². The van der Waals surface area contributed by atoms with Crippen LogP contribution in [0.5, 0.6) is 0 Å². The SMILES string of the molecule is CCN1c2cc3[o+]c4cc5c(cc4c(-c4c(C(=O)O)c(-[n+]6ccc(N(C)C)cc6)c(-[n+]6ccc(N(C)C)cc6)c(Sc6ccc(C(=O)O)cc6)c4-[n+]4ccc(N(C)C)cc4)c3cc2C(C)=CC1(C)C)C(C)=CC(C)(C)N5CC. The number of hydrogen-bond donors (Lipinski definition) is 2. The van der Waals surface area contributed by atoms with Gasteiger partial charge in [0.15, 0.2) is 47.6 Å². The Morgan fingerprint density at radius 3 is 1.32 bits per heavy atom. The van der Waals surface area contributed by atoms with Crippen molar-refractivity contribution in [2.24, 2.45) is 0 Å². The third kappa shape index (κ3) is 9.14. The van der Waals surface area contributed by atoms with E-state index >= 15 is 4.79 Å². The molecule has 10 rings (SSSR count). The fraction of sp³-hybridized carbons (Fsp3) is 0.281. The molecule has 0 radical (unpaired) electrons. The van der Waals surface area contributed by atoms with E-state index in [0.717, 1.165) is 79.5 Å². The molecular weight excluding hydrogens is 993 g/mol. The summed E-state index contributed by atoms with van der Waals surface area (Å²) >= 11 is 1.46. The van der Waals surface area contributed by atoms with Gasteiger partial charge in [0.2, 0.25) is 5.69 Å². The van der Waals surface area contributed by atoms with Gasteiger partial charge in [-0.25, -0.2) is 14.0 Å². The predicted octanol–water partition coefficient (Wildman–Crippen LogP) is 12.2. The van der Waals surface area contributed by atoms with Crippen LogP contribution in [0.4, 0.5) is 28.4 Å². The number of anilines is 5. The van der Waals surface area contributed by atoms with E-state index in [-0.39, 0.29) is 22.2 Å². The lowest BCUT2D eigenvalue weighted by Gasteiger charge is -2.42. The second kappa shape index (κ2) is 20.0. The summed E-state index contributed by atoms with van der Waals surface area (Å²) < 4.78 is 13.3. The van der Waals surface area contributed by atoms with Gasteiger partial charge in [-0.3, -0.25) is 0 Å². The Morgan fingerprint density at radius 2 is 0.949 bits per heavy atom. The Balaban J connectivity index is 1.50. The van der Waals surface area contributed by atoms with Gasteiger partial charge in [-0.05, 0) is 103 Å². The lowest BCUT2D eigenvalue weighted by Crippen LogP contribution is -2.45. The van der Waals surface area contributed by atoms with Crippen LogP contribution in [0.2, 0.25) is 0 Å². The molecule has 0 spiro atoms. The molecule has 4 aromatic heterocycles. The van der Waals surface area contributed by atoms with E-state index in [1.54, 1.807) is 12.1 Å². The van der Waals surface area contributed by atoms with Crippen LogP contribution in [-0.4, -0.2) is 88.6 Å². The molecule has 0 saturated heterocycles. The first-order valence-electron chi connectivity index (χ1n) is 26.5. The number of nitrogens with zero attached hydrogens (tertiary/aromatic N) is 8. The van der Waals surface area contributed by atoms with Gasteiger partial charge in [0.1, 0.15) is 0 Å². The molecule has 8 aromatic rings. The number of allylic oxidation sites excluding steroid dienone is 2. The normalized spacial score (nSPS) is 14.4. The average Bonchev–Trinajstić information content (AvgIpc) is 3.54. The number of benzene rings is 4. The number of carboxylic acid groups (broad SMARTS) is 2. The second-order valence-electron chi connectivity index (χ2n) is 22.1. The first kappa shape index (κ1) is 53.2. The number of pyridine rings is 3. The minimum atomic E-state index is -1.13. The maximum Gasteiger partial charge on any atom is 0.363 e. The van der Waals surface area contributed by atoms with Crippen LogP contribution in [0.25, 0.3) is 61.3 Å². The Kier molecular flexibility index (Phi) is 13.6. The van der Waals surface area contributed by atoms with Crippen molar-refractivity contribution in [3.63, 3.8) is 0 Å². The monoisotopic (exact) mass is 1060 g/mol. The second-order valence-corrected chi connectivity index (χ2v) is 23.2. The summed E-state index contributed by atoms with van der Waals surface area (Å²) in [4.78, 5) is 40.1. The molecule has 6 heterocycles. The van der Waals surface area contributed by atoms with Gasteiger partial charge in [0.05, 0.1) is 56.5 Å². The van der Waals surface area contributed by atoms with Gasteiger partial charge >= 0.3 is 28.8 Å². The molecule has 0 aliphatic carbocycles. The predicted molar refractivity (Wildman–Crippen MR) is 317 cm³/mol. The molecule has 0 saturated carbocycles. The highest BCUT2D eigenvalue weighted by molar-refractivity contribution is 7.99. The van der Waals surface area contributed by atoms with E-state index < -0.39 is 11.9 Å². The number of carboxylic acids is 2. The third-order valence-electron chi connectivity index (χ3n) is 15.5. The van der Waals surface area contributed by atoms with Gasteiger partial charge in [0, 0.05) is 130 Å². The van der Waals surface area contributed by atoms with E-state index in [4.69, 9.17) is 4.42 Å². The maximum atomic E-state index is 15.4. The molecule has 398 valence electrons. The highest BCUT2D eigenvalue weighted by Crippen LogP contribution is 2.52. The van der Waals surface area contributed by atoms with E-state index in [9.17, 15) is 15.0 Å². The van der Waals surface area contributed by atoms with Crippen molar-refractivity contribution in [2.75, 3.05) is 79.9 Å². The molecule has 13 nitrogen and oxygen atoms in total.